The normalized spacial score (nSPS) is 29.0. The molecule has 3 heteroatoms. The van der Waals surface area contributed by atoms with Crippen LogP contribution in [-0.4, -0.2) is 10.1 Å². The van der Waals surface area contributed by atoms with E-state index in [1.54, 1.807) is 11.3 Å². The average Bonchev–Trinajstić information content (AvgIpc) is 2.64. The van der Waals surface area contributed by atoms with E-state index >= 15 is 0 Å². The fourth-order valence-corrected chi connectivity index (χ4v) is 3.35. The van der Waals surface area contributed by atoms with Crippen LogP contribution in [0.3, 0.4) is 0 Å². The van der Waals surface area contributed by atoms with Crippen molar-refractivity contribution in [2.45, 2.75) is 45.6 Å². The Morgan fingerprint density at radius 3 is 2.93 bits per heavy atom. The average molecular weight is 225 g/mol. The molecule has 2 nitrogen and oxygen atoms in total. The zero-order chi connectivity index (χ0) is 10.8. The highest BCUT2D eigenvalue weighted by molar-refractivity contribution is 7.09. The maximum absolute atomic E-state index is 10.2. The van der Waals surface area contributed by atoms with Crippen LogP contribution in [0.4, 0.5) is 0 Å². The van der Waals surface area contributed by atoms with E-state index in [9.17, 15) is 5.11 Å². The molecule has 0 bridgehead atoms. The van der Waals surface area contributed by atoms with E-state index in [0.717, 1.165) is 29.5 Å². The molecule has 1 heterocycles. The van der Waals surface area contributed by atoms with Crippen LogP contribution >= 0.6 is 11.3 Å². The Labute approximate surface area is 95.4 Å². The van der Waals surface area contributed by atoms with Crippen LogP contribution < -0.4 is 0 Å². The summed E-state index contributed by atoms with van der Waals surface area (Å²) in [4.78, 5) is 4.38. The van der Waals surface area contributed by atoms with Crippen LogP contribution in [-0.2, 0) is 0 Å². The minimum absolute atomic E-state index is 0.327. The molecule has 0 spiro atoms. The molecule has 0 aromatic carbocycles. The van der Waals surface area contributed by atoms with Gasteiger partial charge in [-0.2, -0.15) is 0 Å². The molecule has 1 aromatic rings. The standard InChI is InChI=1S/C12H19NOS/c1-8-4-3-5-10(6-8)11(14)12-13-9(2)7-15-12/h7-8,10-11,14H,3-6H2,1-2H3. The lowest BCUT2D eigenvalue weighted by molar-refractivity contribution is 0.0711. The fourth-order valence-electron chi connectivity index (χ4n) is 2.48. The van der Waals surface area contributed by atoms with Gasteiger partial charge >= 0.3 is 0 Å². The predicted octanol–water partition coefficient (Wildman–Crippen LogP) is 3.31. The number of aryl methyl sites for hydroxylation is 1. The summed E-state index contributed by atoms with van der Waals surface area (Å²) in [7, 11) is 0. The lowest BCUT2D eigenvalue weighted by Gasteiger charge is -2.29. The van der Waals surface area contributed by atoms with Crippen molar-refractivity contribution >= 4 is 11.3 Å². The number of hydrogen-bond acceptors (Lipinski definition) is 3. The van der Waals surface area contributed by atoms with E-state index in [1.165, 1.54) is 12.8 Å². The van der Waals surface area contributed by atoms with Gasteiger partial charge in [-0.25, -0.2) is 4.98 Å². The van der Waals surface area contributed by atoms with Gasteiger partial charge in [0.05, 0.1) is 0 Å². The molecule has 1 fully saturated rings. The van der Waals surface area contributed by atoms with Gasteiger partial charge in [-0.1, -0.05) is 19.8 Å². The molecule has 1 aliphatic rings. The molecule has 0 saturated heterocycles. The van der Waals surface area contributed by atoms with Crippen molar-refractivity contribution in [2.24, 2.45) is 11.8 Å². The highest BCUT2D eigenvalue weighted by Crippen LogP contribution is 2.37. The molecule has 0 aliphatic heterocycles. The minimum atomic E-state index is -0.327. The zero-order valence-electron chi connectivity index (χ0n) is 9.44. The van der Waals surface area contributed by atoms with Crippen LogP contribution in [0.2, 0.25) is 0 Å². The highest BCUT2D eigenvalue weighted by Gasteiger charge is 2.27. The molecule has 1 aliphatic carbocycles. The Morgan fingerprint density at radius 2 is 2.33 bits per heavy atom. The van der Waals surface area contributed by atoms with Crippen molar-refractivity contribution in [2.75, 3.05) is 0 Å². The first-order valence-corrected chi connectivity index (χ1v) is 6.65. The van der Waals surface area contributed by atoms with Crippen molar-refractivity contribution in [1.82, 2.24) is 4.98 Å². The maximum atomic E-state index is 10.2. The first-order chi connectivity index (χ1) is 7.16. The zero-order valence-corrected chi connectivity index (χ0v) is 10.3. The molecule has 15 heavy (non-hydrogen) atoms. The van der Waals surface area contributed by atoms with Gasteiger partial charge in [-0.3, -0.25) is 0 Å². The van der Waals surface area contributed by atoms with E-state index in [4.69, 9.17) is 0 Å². The first kappa shape index (κ1) is 11.1. The van der Waals surface area contributed by atoms with E-state index < -0.39 is 0 Å². The van der Waals surface area contributed by atoms with E-state index in [1.807, 2.05) is 12.3 Å². The summed E-state index contributed by atoms with van der Waals surface area (Å²) in [5.74, 6) is 1.19. The number of aliphatic hydroxyl groups excluding tert-OH is 1. The molecule has 3 atom stereocenters. The highest BCUT2D eigenvalue weighted by atomic mass is 32.1. The first-order valence-electron chi connectivity index (χ1n) is 5.77. The van der Waals surface area contributed by atoms with Gasteiger partial charge < -0.3 is 5.11 Å². The Morgan fingerprint density at radius 1 is 1.53 bits per heavy atom. The Bertz CT molecular complexity index is 323. The lowest BCUT2D eigenvalue weighted by Crippen LogP contribution is -2.20. The van der Waals surface area contributed by atoms with Crippen LogP contribution in [0.25, 0.3) is 0 Å². The summed E-state index contributed by atoms with van der Waals surface area (Å²) >= 11 is 1.59. The molecule has 1 aromatic heterocycles. The topological polar surface area (TPSA) is 33.1 Å². The summed E-state index contributed by atoms with van der Waals surface area (Å²) in [5, 5.41) is 13.2. The van der Waals surface area contributed by atoms with Gasteiger partial charge in [0.15, 0.2) is 0 Å². The Balaban J connectivity index is 2.03. The van der Waals surface area contributed by atoms with E-state index in [0.29, 0.717) is 5.92 Å². The molecule has 1 N–H and O–H groups in total. The molecular weight excluding hydrogens is 206 g/mol. The van der Waals surface area contributed by atoms with Gasteiger partial charge in [0.25, 0.3) is 0 Å². The van der Waals surface area contributed by atoms with Crippen molar-refractivity contribution in [1.29, 1.82) is 0 Å². The van der Waals surface area contributed by atoms with Crippen molar-refractivity contribution in [3.05, 3.63) is 16.1 Å². The number of nitrogens with zero attached hydrogens (tertiary/aromatic N) is 1. The second-order valence-electron chi connectivity index (χ2n) is 4.80. The van der Waals surface area contributed by atoms with Crippen molar-refractivity contribution < 1.29 is 5.11 Å². The van der Waals surface area contributed by atoms with Gasteiger partial charge in [0.1, 0.15) is 11.1 Å². The van der Waals surface area contributed by atoms with Gasteiger partial charge in [-0.05, 0) is 31.6 Å². The smallest absolute Gasteiger partial charge is 0.122 e. The number of hydrogen-bond donors (Lipinski definition) is 1. The number of thiazole rings is 1. The third-order valence-electron chi connectivity index (χ3n) is 3.31. The second-order valence-corrected chi connectivity index (χ2v) is 5.69. The molecule has 3 unspecified atom stereocenters. The van der Waals surface area contributed by atoms with Crippen LogP contribution in [0.5, 0.6) is 0 Å². The monoisotopic (exact) mass is 225 g/mol. The predicted molar refractivity (Wildman–Crippen MR) is 62.9 cm³/mol. The van der Waals surface area contributed by atoms with Gasteiger partial charge in [0, 0.05) is 11.1 Å². The number of rotatable bonds is 2. The second kappa shape index (κ2) is 4.62. The maximum Gasteiger partial charge on any atom is 0.122 e. The SMILES string of the molecule is Cc1csc(C(O)C2CCCC(C)C2)n1. The molecular formula is C12H19NOS. The Kier molecular flexibility index (Phi) is 3.42. The minimum Gasteiger partial charge on any atom is -0.386 e. The van der Waals surface area contributed by atoms with Gasteiger partial charge in [0.2, 0.25) is 0 Å². The number of aliphatic hydroxyl groups is 1. The van der Waals surface area contributed by atoms with Gasteiger partial charge in [-0.15, -0.1) is 11.3 Å². The molecule has 0 radical (unpaired) electrons. The quantitative estimate of drug-likeness (QED) is 0.837. The molecule has 2 rings (SSSR count). The number of aromatic nitrogens is 1. The Hall–Kier alpha value is -0.410. The van der Waals surface area contributed by atoms with Crippen LogP contribution in [0, 0.1) is 18.8 Å². The summed E-state index contributed by atoms with van der Waals surface area (Å²) in [6.45, 7) is 4.27. The van der Waals surface area contributed by atoms with E-state index in [2.05, 4.69) is 11.9 Å². The summed E-state index contributed by atoms with van der Waals surface area (Å²) in [6, 6.07) is 0. The van der Waals surface area contributed by atoms with Crippen LogP contribution in [0.15, 0.2) is 5.38 Å². The van der Waals surface area contributed by atoms with Crippen molar-refractivity contribution in [3.8, 4) is 0 Å². The summed E-state index contributed by atoms with van der Waals surface area (Å²) < 4.78 is 0. The molecule has 1 saturated carbocycles. The fraction of sp³-hybridized carbons (Fsp3) is 0.750. The summed E-state index contributed by atoms with van der Waals surface area (Å²) in [6.07, 6.45) is 4.56. The van der Waals surface area contributed by atoms with Crippen LogP contribution in [0.1, 0.15) is 49.4 Å². The van der Waals surface area contributed by atoms with Crippen molar-refractivity contribution in [3.63, 3.8) is 0 Å². The van der Waals surface area contributed by atoms with E-state index in [-0.39, 0.29) is 6.10 Å². The third kappa shape index (κ3) is 2.58. The molecule has 0 amide bonds. The largest absolute Gasteiger partial charge is 0.386 e. The lowest BCUT2D eigenvalue weighted by atomic mass is 9.80. The third-order valence-corrected chi connectivity index (χ3v) is 4.35. The molecule has 84 valence electrons. The summed E-state index contributed by atoms with van der Waals surface area (Å²) in [5.41, 5.74) is 1.03.